The van der Waals surface area contributed by atoms with E-state index in [-0.39, 0.29) is 0 Å². The van der Waals surface area contributed by atoms with Crippen LogP contribution in [0.25, 0.3) is 0 Å². The van der Waals surface area contributed by atoms with Crippen LogP contribution >= 0.6 is 0 Å². The van der Waals surface area contributed by atoms with Gasteiger partial charge in [-0.15, -0.1) is 0 Å². The van der Waals surface area contributed by atoms with Crippen LogP contribution in [0, 0.1) is 0 Å². The summed E-state index contributed by atoms with van der Waals surface area (Å²) in [5.41, 5.74) is 0.335. The van der Waals surface area contributed by atoms with Crippen LogP contribution in [0.1, 0.15) is 26.2 Å². The van der Waals surface area contributed by atoms with Gasteiger partial charge in [0.05, 0.1) is 0 Å². The molecule has 0 saturated heterocycles. The summed E-state index contributed by atoms with van der Waals surface area (Å²) >= 11 is 0. The van der Waals surface area contributed by atoms with Crippen LogP contribution in [-0.2, 0) is 4.79 Å². The molecule has 0 radical (unpaired) electrons. The molecule has 2 N–H and O–H groups in total. The van der Waals surface area contributed by atoms with Gasteiger partial charge in [-0.3, -0.25) is 10.1 Å². The van der Waals surface area contributed by atoms with Crippen molar-refractivity contribution in [2.24, 2.45) is 0 Å². The third kappa shape index (κ3) is 1.67. The average Bonchev–Trinajstić information content (AvgIpc) is 1.83. The van der Waals surface area contributed by atoms with Gasteiger partial charge in [0.1, 0.15) is 5.54 Å². The zero-order valence-corrected chi connectivity index (χ0v) is 7.39. The summed E-state index contributed by atoms with van der Waals surface area (Å²) in [6, 6.07) is 0. The number of hydrogen-bond acceptors (Lipinski definition) is 2. The molecule has 0 spiro atoms. The largest absolute Gasteiger partial charge is 0.480 e. The monoisotopic (exact) mass is 169 g/mol. The van der Waals surface area contributed by atoms with Crippen LogP contribution in [0.2, 0.25) is 0 Å². The Hall–Kier alpha value is -0.830. The van der Waals surface area contributed by atoms with Crippen LogP contribution in [0.4, 0.5) is 0 Å². The second-order valence-corrected chi connectivity index (χ2v) is 3.55. The Morgan fingerprint density at radius 1 is 1.67 bits per heavy atom. The van der Waals surface area contributed by atoms with Crippen molar-refractivity contribution in [3.05, 3.63) is 12.2 Å². The molecule has 12 heavy (non-hydrogen) atoms. The molecule has 0 unspecified atom stereocenters. The van der Waals surface area contributed by atoms with Gasteiger partial charge in [0.15, 0.2) is 0 Å². The fourth-order valence-electron chi connectivity index (χ4n) is 1.32. The molecule has 68 valence electrons. The molecule has 0 aliphatic heterocycles. The van der Waals surface area contributed by atoms with Gasteiger partial charge in [0.25, 0.3) is 0 Å². The summed E-state index contributed by atoms with van der Waals surface area (Å²) in [5, 5.41) is 11.9. The van der Waals surface area contributed by atoms with E-state index in [9.17, 15) is 4.79 Å². The molecule has 1 aliphatic rings. The summed E-state index contributed by atoms with van der Waals surface area (Å²) in [5.74, 6) is -0.727. The molecule has 0 bridgehead atoms. The van der Waals surface area contributed by atoms with Crippen LogP contribution in [0.5, 0.6) is 0 Å². The zero-order valence-electron chi connectivity index (χ0n) is 7.39. The van der Waals surface area contributed by atoms with Crippen molar-refractivity contribution >= 4 is 5.97 Å². The van der Waals surface area contributed by atoms with Gasteiger partial charge in [-0.2, -0.15) is 0 Å². The predicted octanol–water partition coefficient (Wildman–Crippen LogP) is 1.16. The third-order valence-corrected chi connectivity index (χ3v) is 2.35. The second kappa shape index (κ2) is 3.27. The maximum absolute atomic E-state index is 10.8. The van der Waals surface area contributed by atoms with Gasteiger partial charge < -0.3 is 5.11 Å². The van der Waals surface area contributed by atoms with Gasteiger partial charge in [-0.05, 0) is 26.2 Å². The minimum atomic E-state index is -0.727. The zero-order chi connectivity index (χ0) is 9.19. The first-order chi connectivity index (χ1) is 5.57. The van der Waals surface area contributed by atoms with Crippen LogP contribution in [-0.4, -0.2) is 23.2 Å². The molecule has 0 atom stereocenters. The topological polar surface area (TPSA) is 49.3 Å². The Labute approximate surface area is 72.5 Å². The third-order valence-electron chi connectivity index (χ3n) is 2.35. The Bertz CT molecular complexity index is 207. The molecule has 1 fully saturated rings. The lowest BCUT2D eigenvalue weighted by Gasteiger charge is -2.38. The van der Waals surface area contributed by atoms with E-state index in [2.05, 4.69) is 11.9 Å². The number of aliphatic carboxylic acids is 1. The molecule has 3 heteroatoms. The lowest BCUT2D eigenvalue weighted by Crippen LogP contribution is -2.57. The first-order valence-electron chi connectivity index (χ1n) is 4.20. The quantitative estimate of drug-likeness (QED) is 0.621. The standard InChI is InChI=1S/C9H15NO2/c1-7(2)6-10-9(8(11)12)4-3-5-9/h10H,1,3-6H2,2H3,(H,11,12). The minimum absolute atomic E-state index is 0.603. The number of hydrogen-bond donors (Lipinski definition) is 2. The Kier molecular flexibility index (Phi) is 2.52. The number of rotatable bonds is 4. The molecule has 0 aromatic heterocycles. The highest BCUT2D eigenvalue weighted by Gasteiger charge is 2.43. The van der Waals surface area contributed by atoms with E-state index in [0.29, 0.717) is 6.54 Å². The van der Waals surface area contributed by atoms with Crippen molar-refractivity contribution < 1.29 is 9.90 Å². The SMILES string of the molecule is C=C(C)CNC1(C(=O)O)CCC1. The molecule has 0 aromatic carbocycles. The molecule has 1 rings (SSSR count). The summed E-state index contributed by atoms with van der Waals surface area (Å²) in [6.07, 6.45) is 2.50. The Balaban J connectivity index is 2.45. The Morgan fingerprint density at radius 2 is 2.25 bits per heavy atom. The fourth-order valence-corrected chi connectivity index (χ4v) is 1.32. The fraction of sp³-hybridized carbons (Fsp3) is 0.667. The van der Waals surface area contributed by atoms with E-state index in [0.717, 1.165) is 24.8 Å². The summed E-state index contributed by atoms with van der Waals surface area (Å²) in [6.45, 7) is 6.21. The molecule has 0 aromatic rings. The highest BCUT2D eigenvalue weighted by Crippen LogP contribution is 2.31. The number of carbonyl (C=O) groups is 1. The van der Waals surface area contributed by atoms with Crippen molar-refractivity contribution in [3.63, 3.8) is 0 Å². The first kappa shape index (κ1) is 9.26. The second-order valence-electron chi connectivity index (χ2n) is 3.55. The van der Waals surface area contributed by atoms with Crippen molar-refractivity contribution in [3.8, 4) is 0 Å². The van der Waals surface area contributed by atoms with Crippen LogP contribution in [0.3, 0.4) is 0 Å². The summed E-state index contributed by atoms with van der Waals surface area (Å²) in [7, 11) is 0. The predicted molar refractivity (Wildman–Crippen MR) is 47.0 cm³/mol. The first-order valence-corrected chi connectivity index (χ1v) is 4.20. The van der Waals surface area contributed by atoms with Crippen LogP contribution in [0.15, 0.2) is 12.2 Å². The molecule has 0 heterocycles. The lowest BCUT2D eigenvalue weighted by molar-refractivity contribution is -0.148. The van der Waals surface area contributed by atoms with Gasteiger partial charge in [-0.25, -0.2) is 0 Å². The van der Waals surface area contributed by atoms with Crippen LogP contribution < -0.4 is 5.32 Å². The van der Waals surface area contributed by atoms with Crippen molar-refractivity contribution in [2.75, 3.05) is 6.54 Å². The van der Waals surface area contributed by atoms with Crippen molar-refractivity contribution in [1.82, 2.24) is 5.32 Å². The molecule has 1 saturated carbocycles. The van der Waals surface area contributed by atoms with E-state index in [1.165, 1.54) is 0 Å². The van der Waals surface area contributed by atoms with Gasteiger partial charge in [0, 0.05) is 6.54 Å². The summed E-state index contributed by atoms with van der Waals surface area (Å²) < 4.78 is 0. The van der Waals surface area contributed by atoms with Gasteiger partial charge in [0.2, 0.25) is 0 Å². The Morgan fingerprint density at radius 3 is 2.50 bits per heavy atom. The molecular formula is C9H15NO2. The van der Waals surface area contributed by atoms with Gasteiger partial charge >= 0.3 is 5.97 Å². The normalized spacial score (nSPS) is 19.8. The highest BCUT2D eigenvalue weighted by atomic mass is 16.4. The number of carboxylic acids is 1. The highest BCUT2D eigenvalue weighted by molar-refractivity contribution is 5.80. The smallest absolute Gasteiger partial charge is 0.323 e. The van der Waals surface area contributed by atoms with E-state index >= 15 is 0 Å². The number of carboxylic acid groups (broad SMARTS) is 1. The maximum atomic E-state index is 10.8. The molecule has 0 amide bonds. The van der Waals surface area contributed by atoms with E-state index in [1.807, 2.05) is 6.92 Å². The lowest BCUT2D eigenvalue weighted by atomic mass is 9.76. The van der Waals surface area contributed by atoms with E-state index in [1.54, 1.807) is 0 Å². The average molecular weight is 169 g/mol. The minimum Gasteiger partial charge on any atom is -0.480 e. The van der Waals surface area contributed by atoms with E-state index in [4.69, 9.17) is 5.11 Å². The van der Waals surface area contributed by atoms with Crippen molar-refractivity contribution in [1.29, 1.82) is 0 Å². The molecule has 3 nitrogen and oxygen atoms in total. The molecular weight excluding hydrogens is 154 g/mol. The summed E-state index contributed by atoms with van der Waals surface area (Å²) in [4.78, 5) is 10.8. The molecule has 1 aliphatic carbocycles. The number of nitrogens with one attached hydrogen (secondary N) is 1. The van der Waals surface area contributed by atoms with Crippen molar-refractivity contribution in [2.45, 2.75) is 31.7 Å². The maximum Gasteiger partial charge on any atom is 0.323 e. The van der Waals surface area contributed by atoms with E-state index < -0.39 is 11.5 Å². The van der Waals surface area contributed by atoms with Gasteiger partial charge in [-0.1, -0.05) is 12.2 Å².